The van der Waals surface area contributed by atoms with Crippen molar-refractivity contribution in [2.24, 2.45) is 7.05 Å². The average molecular weight is 232 g/mol. The second kappa shape index (κ2) is 4.02. The zero-order valence-electron chi connectivity index (χ0n) is 11.2. The molecule has 0 unspecified atom stereocenters. The lowest BCUT2D eigenvalue weighted by Gasteiger charge is -2.24. The van der Waals surface area contributed by atoms with Gasteiger partial charge in [-0.1, -0.05) is 13.8 Å². The van der Waals surface area contributed by atoms with Crippen molar-refractivity contribution in [3.05, 3.63) is 35.9 Å². The third-order valence-corrected chi connectivity index (χ3v) is 3.25. The van der Waals surface area contributed by atoms with E-state index in [1.54, 1.807) is 0 Å². The Bertz CT molecular complexity index is 505. The van der Waals surface area contributed by atoms with Crippen molar-refractivity contribution >= 4 is 0 Å². The van der Waals surface area contributed by atoms with Gasteiger partial charge < -0.3 is 0 Å². The van der Waals surface area contributed by atoms with Crippen LogP contribution < -0.4 is 0 Å². The van der Waals surface area contributed by atoms with Gasteiger partial charge in [-0.2, -0.15) is 10.2 Å². The SMILES string of the molecule is CC(C)c1cnn(C(C)(C)c2cnn(C)c2)c1. The van der Waals surface area contributed by atoms with Gasteiger partial charge in [-0.15, -0.1) is 0 Å². The van der Waals surface area contributed by atoms with E-state index in [1.165, 1.54) is 11.1 Å². The zero-order chi connectivity index (χ0) is 12.6. The van der Waals surface area contributed by atoms with Crippen molar-refractivity contribution in [2.75, 3.05) is 0 Å². The number of rotatable bonds is 3. The molecule has 0 spiro atoms. The summed E-state index contributed by atoms with van der Waals surface area (Å²) in [5, 5.41) is 8.70. The summed E-state index contributed by atoms with van der Waals surface area (Å²) in [6.07, 6.45) is 8.01. The van der Waals surface area contributed by atoms with Crippen LogP contribution in [0.5, 0.6) is 0 Å². The monoisotopic (exact) mass is 232 g/mol. The molecule has 0 bridgehead atoms. The minimum Gasteiger partial charge on any atom is -0.275 e. The van der Waals surface area contributed by atoms with Gasteiger partial charge in [-0.05, 0) is 25.3 Å². The van der Waals surface area contributed by atoms with Gasteiger partial charge in [0.25, 0.3) is 0 Å². The van der Waals surface area contributed by atoms with Crippen LogP contribution in [0.2, 0.25) is 0 Å². The molecule has 0 N–H and O–H groups in total. The van der Waals surface area contributed by atoms with E-state index in [1.807, 2.05) is 35.0 Å². The number of aryl methyl sites for hydroxylation is 1. The van der Waals surface area contributed by atoms with Gasteiger partial charge in [-0.3, -0.25) is 9.36 Å². The second-order valence-corrected chi connectivity index (χ2v) is 5.33. The van der Waals surface area contributed by atoms with E-state index in [9.17, 15) is 0 Å². The molecule has 0 saturated heterocycles. The lowest BCUT2D eigenvalue weighted by molar-refractivity contribution is 0.390. The first kappa shape index (κ1) is 11.9. The summed E-state index contributed by atoms with van der Waals surface area (Å²) in [5.74, 6) is 0.508. The van der Waals surface area contributed by atoms with Crippen LogP contribution in [0.25, 0.3) is 0 Å². The Morgan fingerprint density at radius 1 is 1.12 bits per heavy atom. The van der Waals surface area contributed by atoms with E-state index in [-0.39, 0.29) is 5.54 Å². The molecule has 2 aromatic rings. The molecule has 0 saturated carbocycles. The summed E-state index contributed by atoms with van der Waals surface area (Å²) in [4.78, 5) is 0. The molecule has 2 heterocycles. The predicted molar refractivity (Wildman–Crippen MR) is 67.9 cm³/mol. The molecule has 0 fully saturated rings. The van der Waals surface area contributed by atoms with E-state index in [2.05, 4.69) is 44.1 Å². The van der Waals surface area contributed by atoms with E-state index in [0.29, 0.717) is 5.92 Å². The largest absolute Gasteiger partial charge is 0.275 e. The number of hydrogen-bond acceptors (Lipinski definition) is 2. The molecule has 2 rings (SSSR count). The maximum atomic E-state index is 4.47. The summed E-state index contributed by atoms with van der Waals surface area (Å²) in [6, 6.07) is 0. The van der Waals surface area contributed by atoms with Crippen molar-refractivity contribution in [2.45, 2.75) is 39.2 Å². The van der Waals surface area contributed by atoms with Gasteiger partial charge in [-0.25, -0.2) is 0 Å². The number of aromatic nitrogens is 4. The van der Waals surface area contributed by atoms with Crippen LogP contribution in [-0.4, -0.2) is 19.6 Å². The topological polar surface area (TPSA) is 35.6 Å². The standard InChI is InChI=1S/C13H20N4/c1-10(2)11-6-15-17(8-11)13(3,4)12-7-14-16(5)9-12/h6-10H,1-5H3. The van der Waals surface area contributed by atoms with Crippen LogP contribution in [0.4, 0.5) is 0 Å². The molecule has 2 aromatic heterocycles. The van der Waals surface area contributed by atoms with E-state index < -0.39 is 0 Å². The summed E-state index contributed by atoms with van der Waals surface area (Å²) in [7, 11) is 1.93. The Morgan fingerprint density at radius 3 is 2.29 bits per heavy atom. The minimum absolute atomic E-state index is 0.165. The van der Waals surface area contributed by atoms with Crippen molar-refractivity contribution < 1.29 is 0 Å². The first-order chi connectivity index (χ1) is 7.91. The third-order valence-electron chi connectivity index (χ3n) is 3.25. The zero-order valence-corrected chi connectivity index (χ0v) is 11.2. The van der Waals surface area contributed by atoms with Crippen LogP contribution in [0, 0.1) is 0 Å². The van der Waals surface area contributed by atoms with Gasteiger partial charge in [0.05, 0.1) is 17.9 Å². The quantitative estimate of drug-likeness (QED) is 0.815. The molecule has 92 valence electrons. The molecule has 0 aromatic carbocycles. The third kappa shape index (κ3) is 2.12. The van der Waals surface area contributed by atoms with Crippen LogP contribution >= 0.6 is 0 Å². The summed E-state index contributed by atoms with van der Waals surface area (Å²) in [6.45, 7) is 8.67. The van der Waals surface area contributed by atoms with Gasteiger partial charge in [0.2, 0.25) is 0 Å². The van der Waals surface area contributed by atoms with Crippen LogP contribution in [0.3, 0.4) is 0 Å². The molecule has 0 aliphatic carbocycles. The first-order valence-electron chi connectivity index (χ1n) is 5.95. The fourth-order valence-electron chi connectivity index (χ4n) is 1.81. The summed E-state index contributed by atoms with van der Waals surface area (Å²) in [5.41, 5.74) is 2.27. The van der Waals surface area contributed by atoms with E-state index in [0.717, 1.165) is 0 Å². The normalized spacial score (nSPS) is 12.4. The summed E-state index contributed by atoms with van der Waals surface area (Å²) < 4.78 is 3.84. The van der Waals surface area contributed by atoms with E-state index >= 15 is 0 Å². The highest BCUT2D eigenvalue weighted by atomic mass is 15.3. The van der Waals surface area contributed by atoms with E-state index in [4.69, 9.17) is 0 Å². The smallest absolute Gasteiger partial charge is 0.0850 e. The highest BCUT2D eigenvalue weighted by Gasteiger charge is 2.25. The van der Waals surface area contributed by atoms with Gasteiger partial charge >= 0.3 is 0 Å². The van der Waals surface area contributed by atoms with Crippen LogP contribution in [-0.2, 0) is 12.6 Å². The highest BCUT2D eigenvalue weighted by molar-refractivity contribution is 5.19. The van der Waals surface area contributed by atoms with Gasteiger partial charge in [0.1, 0.15) is 0 Å². The Labute approximate surface area is 102 Å². The minimum atomic E-state index is -0.165. The molecule has 17 heavy (non-hydrogen) atoms. The Hall–Kier alpha value is -1.58. The fraction of sp³-hybridized carbons (Fsp3) is 0.538. The molecule has 4 nitrogen and oxygen atoms in total. The molecule has 0 aliphatic rings. The van der Waals surface area contributed by atoms with Gasteiger partial charge in [0.15, 0.2) is 0 Å². The first-order valence-corrected chi connectivity index (χ1v) is 5.95. The van der Waals surface area contributed by atoms with Gasteiger partial charge in [0, 0.05) is 25.0 Å². The van der Waals surface area contributed by atoms with Crippen molar-refractivity contribution in [1.82, 2.24) is 19.6 Å². The molecule has 0 atom stereocenters. The highest BCUT2D eigenvalue weighted by Crippen LogP contribution is 2.25. The van der Waals surface area contributed by atoms with Crippen molar-refractivity contribution in [3.8, 4) is 0 Å². The van der Waals surface area contributed by atoms with Crippen LogP contribution in [0.1, 0.15) is 44.7 Å². The summed E-state index contributed by atoms with van der Waals surface area (Å²) >= 11 is 0. The Balaban J connectivity index is 2.37. The molecule has 4 heteroatoms. The average Bonchev–Trinajstić information content (AvgIpc) is 2.85. The second-order valence-electron chi connectivity index (χ2n) is 5.33. The molecule has 0 radical (unpaired) electrons. The maximum Gasteiger partial charge on any atom is 0.0850 e. The lowest BCUT2D eigenvalue weighted by atomic mass is 9.98. The fourth-order valence-corrected chi connectivity index (χ4v) is 1.81. The molecule has 0 amide bonds. The molecular weight excluding hydrogens is 212 g/mol. The predicted octanol–water partition coefficient (Wildman–Crippen LogP) is 2.52. The van der Waals surface area contributed by atoms with Crippen LogP contribution in [0.15, 0.2) is 24.8 Å². The maximum absolute atomic E-state index is 4.47. The Kier molecular flexibility index (Phi) is 2.81. The lowest BCUT2D eigenvalue weighted by Crippen LogP contribution is -2.27. The Morgan fingerprint density at radius 2 is 1.82 bits per heavy atom. The number of nitrogens with zero attached hydrogens (tertiary/aromatic N) is 4. The number of hydrogen-bond donors (Lipinski definition) is 0. The molecule has 0 aliphatic heterocycles. The molecular formula is C13H20N4. The van der Waals surface area contributed by atoms with Crippen molar-refractivity contribution in [3.63, 3.8) is 0 Å². The van der Waals surface area contributed by atoms with Crippen molar-refractivity contribution in [1.29, 1.82) is 0 Å².